The molecule has 0 aliphatic rings. The van der Waals surface area contributed by atoms with E-state index in [-0.39, 0.29) is 5.82 Å². The van der Waals surface area contributed by atoms with Gasteiger partial charge in [-0.25, -0.2) is 4.39 Å². The summed E-state index contributed by atoms with van der Waals surface area (Å²) in [5, 5.41) is 13.1. The van der Waals surface area contributed by atoms with Crippen molar-refractivity contribution in [2.24, 2.45) is 0 Å². The van der Waals surface area contributed by atoms with Crippen molar-refractivity contribution in [2.45, 2.75) is 13.1 Å². The molecule has 0 radical (unpaired) electrons. The van der Waals surface area contributed by atoms with E-state index in [0.29, 0.717) is 18.7 Å². The number of thiophene rings is 1. The van der Waals surface area contributed by atoms with E-state index in [1.54, 1.807) is 23.6 Å². The highest BCUT2D eigenvalue weighted by molar-refractivity contribution is 7.13. The van der Waals surface area contributed by atoms with Crippen LogP contribution in [0.15, 0.2) is 54.0 Å². The first-order chi connectivity index (χ1) is 10.3. The Kier molecular flexibility index (Phi) is 4.33. The molecule has 3 nitrogen and oxygen atoms in total. The Morgan fingerprint density at radius 3 is 2.81 bits per heavy atom. The van der Waals surface area contributed by atoms with Crippen LogP contribution in [0.25, 0.3) is 10.4 Å². The molecule has 5 heteroatoms. The van der Waals surface area contributed by atoms with Crippen molar-refractivity contribution in [3.8, 4) is 10.4 Å². The van der Waals surface area contributed by atoms with Crippen LogP contribution in [0, 0.1) is 5.82 Å². The van der Waals surface area contributed by atoms with E-state index in [9.17, 15) is 4.39 Å². The van der Waals surface area contributed by atoms with Crippen molar-refractivity contribution in [2.75, 3.05) is 0 Å². The summed E-state index contributed by atoms with van der Waals surface area (Å²) < 4.78 is 13.9. The van der Waals surface area contributed by atoms with Gasteiger partial charge in [-0.3, -0.25) is 0 Å². The Morgan fingerprint density at radius 2 is 2.05 bits per heavy atom. The maximum atomic E-state index is 13.9. The smallest absolute Gasteiger partial charge is 0.131 e. The minimum absolute atomic E-state index is 0.185. The van der Waals surface area contributed by atoms with Crippen molar-refractivity contribution in [1.82, 2.24) is 15.5 Å². The number of rotatable bonds is 5. The third-order valence-electron chi connectivity index (χ3n) is 3.08. The summed E-state index contributed by atoms with van der Waals surface area (Å²) >= 11 is 1.54. The molecule has 21 heavy (non-hydrogen) atoms. The summed E-state index contributed by atoms with van der Waals surface area (Å²) in [5.74, 6) is -0.185. The van der Waals surface area contributed by atoms with Crippen LogP contribution in [0.1, 0.15) is 11.3 Å². The zero-order valence-corrected chi connectivity index (χ0v) is 12.1. The zero-order chi connectivity index (χ0) is 14.5. The molecule has 0 bridgehead atoms. The SMILES string of the molecule is Fc1ccc(CNCc2cccnn2)cc1-c1cccs1. The standard InChI is InChI=1S/C16H14FN3S/c17-15-6-5-12(9-14(15)16-4-2-8-21-16)10-18-11-13-3-1-7-19-20-13/h1-9,18H,10-11H2. The highest BCUT2D eigenvalue weighted by atomic mass is 32.1. The van der Waals surface area contributed by atoms with Gasteiger partial charge in [0.2, 0.25) is 0 Å². The van der Waals surface area contributed by atoms with Crippen LogP contribution < -0.4 is 5.32 Å². The van der Waals surface area contributed by atoms with Crippen LogP contribution in [0.2, 0.25) is 0 Å². The zero-order valence-electron chi connectivity index (χ0n) is 11.3. The molecule has 2 heterocycles. The summed E-state index contributed by atoms with van der Waals surface area (Å²) in [7, 11) is 0. The fraction of sp³-hybridized carbons (Fsp3) is 0.125. The molecule has 0 atom stereocenters. The van der Waals surface area contributed by atoms with Crippen molar-refractivity contribution < 1.29 is 4.39 Å². The number of hydrogen-bond acceptors (Lipinski definition) is 4. The second kappa shape index (κ2) is 6.56. The van der Waals surface area contributed by atoms with Crippen LogP contribution in [-0.2, 0) is 13.1 Å². The Morgan fingerprint density at radius 1 is 1.10 bits per heavy atom. The fourth-order valence-corrected chi connectivity index (χ4v) is 2.81. The number of benzene rings is 1. The molecule has 1 aromatic carbocycles. The van der Waals surface area contributed by atoms with E-state index >= 15 is 0 Å². The van der Waals surface area contributed by atoms with E-state index in [1.165, 1.54) is 6.07 Å². The van der Waals surface area contributed by atoms with Crippen molar-refractivity contribution in [3.63, 3.8) is 0 Å². The molecule has 106 valence electrons. The van der Waals surface area contributed by atoms with E-state index < -0.39 is 0 Å². The average molecular weight is 299 g/mol. The van der Waals surface area contributed by atoms with Crippen molar-refractivity contribution in [3.05, 3.63) is 71.1 Å². The van der Waals surface area contributed by atoms with Crippen LogP contribution in [-0.4, -0.2) is 10.2 Å². The molecule has 2 aromatic heterocycles. The van der Waals surface area contributed by atoms with Gasteiger partial charge in [-0.2, -0.15) is 10.2 Å². The minimum atomic E-state index is -0.185. The largest absolute Gasteiger partial charge is 0.307 e. The summed E-state index contributed by atoms with van der Waals surface area (Å²) in [4.78, 5) is 0.947. The summed E-state index contributed by atoms with van der Waals surface area (Å²) in [6.07, 6.45) is 1.65. The average Bonchev–Trinajstić information content (AvgIpc) is 3.04. The third kappa shape index (κ3) is 3.51. The molecule has 0 saturated heterocycles. The molecule has 1 N–H and O–H groups in total. The van der Waals surface area contributed by atoms with E-state index in [4.69, 9.17) is 0 Å². The van der Waals surface area contributed by atoms with Gasteiger partial charge in [0.25, 0.3) is 0 Å². The monoisotopic (exact) mass is 299 g/mol. The Labute approximate surface area is 126 Å². The first-order valence-corrected chi connectivity index (χ1v) is 7.50. The lowest BCUT2D eigenvalue weighted by atomic mass is 10.1. The molecular weight excluding hydrogens is 285 g/mol. The first-order valence-electron chi connectivity index (χ1n) is 6.62. The second-order valence-electron chi connectivity index (χ2n) is 4.61. The van der Waals surface area contributed by atoms with Crippen LogP contribution in [0.3, 0.4) is 0 Å². The number of nitrogens with one attached hydrogen (secondary N) is 1. The molecule has 0 unspecified atom stereocenters. The van der Waals surface area contributed by atoms with Gasteiger partial charge in [-0.1, -0.05) is 12.1 Å². The lowest BCUT2D eigenvalue weighted by Gasteiger charge is -2.07. The van der Waals surface area contributed by atoms with E-state index in [1.807, 2.05) is 35.7 Å². The minimum Gasteiger partial charge on any atom is -0.307 e. The molecule has 0 fully saturated rings. The molecule has 0 spiro atoms. The lowest BCUT2D eigenvalue weighted by Crippen LogP contribution is -2.14. The topological polar surface area (TPSA) is 37.8 Å². The van der Waals surface area contributed by atoms with Gasteiger partial charge in [0.05, 0.1) is 5.69 Å². The molecule has 0 amide bonds. The highest BCUT2D eigenvalue weighted by Gasteiger charge is 2.07. The fourth-order valence-electron chi connectivity index (χ4n) is 2.07. The Hall–Kier alpha value is -2.11. The third-order valence-corrected chi connectivity index (χ3v) is 3.98. The predicted octanol–water partition coefficient (Wildman–Crippen LogP) is 3.63. The van der Waals surface area contributed by atoms with Gasteiger partial charge in [-0.05, 0) is 41.3 Å². The van der Waals surface area contributed by atoms with Gasteiger partial charge >= 0.3 is 0 Å². The summed E-state index contributed by atoms with van der Waals surface area (Å²) in [6.45, 7) is 1.30. The summed E-state index contributed by atoms with van der Waals surface area (Å²) in [6, 6.07) is 12.9. The first kappa shape index (κ1) is 13.9. The van der Waals surface area contributed by atoms with E-state index in [0.717, 1.165) is 16.1 Å². The maximum Gasteiger partial charge on any atom is 0.131 e. The highest BCUT2D eigenvalue weighted by Crippen LogP contribution is 2.28. The quantitative estimate of drug-likeness (QED) is 0.781. The van der Waals surface area contributed by atoms with Crippen LogP contribution in [0.5, 0.6) is 0 Å². The molecule has 3 aromatic rings. The van der Waals surface area contributed by atoms with Gasteiger partial charge in [0.1, 0.15) is 5.82 Å². The summed E-state index contributed by atoms with van der Waals surface area (Å²) in [5.41, 5.74) is 2.59. The van der Waals surface area contributed by atoms with Gasteiger partial charge in [0.15, 0.2) is 0 Å². The van der Waals surface area contributed by atoms with Crippen LogP contribution >= 0.6 is 11.3 Å². The van der Waals surface area contributed by atoms with Gasteiger partial charge in [0, 0.05) is 29.7 Å². The number of aromatic nitrogens is 2. The molecule has 3 rings (SSSR count). The molecule has 0 aliphatic heterocycles. The molecule has 0 saturated carbocycles. The van der Waals surface area contributed by atoms with Gasteiger partial charge < -0.3 is 5.32 Å². The number of halogens is 1. The van der Waals surface area contributed by atoms with Crippen molar-refractivity contribution >= 4 is 11.3 Å². The Bertz CT molecular complexity index is 699. The van der Waals surface area contributed by atoms with Crippen LogP contribution in [0.4, 0.5) is 4.39 Å². The maximum absolute atomic E-state index is 13.9. The molecule has 0 aliphatic carbocycles. The number of hydrogen-bond donors (Lipinski definition) is 1. The van der Waals surface area contributed by atoms with Crippen molar-refractivity contribution in [1.29, 1.82) is 0 Å². The normalized spacial score (nSPS) is 10.7. The molecular formula is C16H14FN3S. The Balaban J connectivity index is 1.68. The van der Waals surface area contributed by atoms with E-state index in [2.05, 4.69) is 15.5 Å². The predicted molar refractivity (Wildman–Crippen MR) is 82.3 cm³/mol. The van der Waals surface area contributed by atoms with Gasteiger partial charge in [-0.15, -0.1) is 11.3 Å². The lowest BCUT2D eigenvalue weighted by molar-refractivity contribution is 0.628. The number of nitrogens with zero attached hydrogens (tertiary/aromatic N) is 2. The second-order valence-corrected chi connectivity index (χ2v) is 5.56.